The summed E-state index contributed by atoms with van der Waals surface area (Å²) in [6.07, 6.45) is -10.7. The largest absolute Gasteiger partial charge is 0.411 e. The molecule has 0 heterocycles. The summed E-state index contributed by atoms with van der Waals surface area (Å²) >= 11 is 0. The van der Waals surface area contributed by atoms with Crippen molar-refractivity contribution in [1.29, 1.82) is 0 Å². The zero-order valence-electron chi connectivity index (χ0n) is 28.2. The average molecular weight is 695 g/mol. The lowest BCUT2D eigenvalue weighted by molar-refractivity contribution is -0.288. The van der Waals surface area contributed by atoms with E-state index in [0.29, 0.717) is 62.1 Å². The van der Waals surface area contributed by atoms with Gasteiger partial charge < -0.3 is 0 Å². The highest BCUT2D eigenvalue weighted by molar-refractivity contribution is 6.36. The van der Waals surface area contributed by atoms with E-state index in [1.807, 2.05) is 41.5 Å². The Bertz CT molecular complexity index is 1530. The molecule has 0 radical (unpaired) electrons. The highest BCUT2D eigenvalue weighted by Crippen LogP contribution is 2.57. The Labute approximate surface area is 281 Å². The van der Waals surface area contributed by atoms with Gasteiger partial charge in [-0.2, -0.15) is 26.3 Å². The summed E-state index contributed by atoms with van der Waals surface area (Å²) in [5.74, 6) is -9.22. The van der Waals surface area contributed by atoms with Gasteiger partial charge in [0.05, 0.1) is 0 Å². The summed E-state index contributed by atoms with van der Waals surface area (Å²) < 4.78 is 89.9. The van der Waals surface area contributed by atoms with E-state index in [1.54, 1.807) is 0 Å². The van der Waals surface area contributed by atoms with Crippen molar-refractivity contribution >= 4 is 34.7 Å². The Kier molecular flexibility index (Phi) is 12.0. The minimum Gasteiger partial charge on any atom is -0.298 e. The molecular formula is C37H40F6O6. The molecule has 49 heavy (non-hydrogen) atoms. The number of hydrogen-bond donors (Lipinski definition) is 0. The predicted octanol–water partition coefficient (Wildman–Crippen LogP) is 8.90. The van der Waals surface area contributed by atoms with Crippen molar-refractivity contribution in [2.75, 3.05) is 0 Å². The zero-order chi connectivity index (χ0) is 37.2. The van der Waals surface area contributed by atoms with Gasteiger partial charge >= 0.3 is 12.4 Å². The number of benzene rings is 2. The van der Waals surface area contributed by atoms with Gasteiger partial charge in [-0.1, -0.05) is 78.6 Å². The molecule has 2 aromatic rings. The van der Waals surface area contributed by atoms with E-state index in [-0.39, 0.29) is 24.7 Å². The van der Waals surface area contributed by atoms with Crippen LogP contribution in [0.5, 0.6) is 0 Å². The lowest BCUT2D eigenvalue weighted by Crippen LogP contribution is -2.55. The maximum atomic E-state index is 15.0. The molecule has 2 atom stereocenters. The minimum atomic E-state index is -6.12. The molecular weight excluding hydrogens is 654 g/mol. The van der Waals surface area contributed by atoms with Crippen LogP contribution in [0.4, 0.5) is 26.3 Å². The van der Waals surface area contributed by atoms with Gasteiger partial charge in [0.1, 0.15) is 11.8 Å². The molecule has 0 aromatic heterocycles. The van der Waals surface area contributed by atoms with Crippen molar-refractivity contribution in [2.24, 2.45) is 23.7 Å². The molecule has 2 aliphatic carbocycles. The average Bonchev–Trinajstić information content (AvgIpc) is 3.40. The summed E-state index contributed by atoms with van der Waals surface area (Å²) in [5.41, 5.74) is -10.2. The van der Waals surface area contributed by atoms with Crippen LogP contribution in [0.2, 0.25) is 0 Å². The monoisotopic (exact) mass is 694 g/mol. The van der Waals surface area contributed by atoms with Gasteiger partial charge in [-0.05, 0) is 47.9 Å². The Hall–Kier alpha value is -3.96. The quantitative estimate of drug-likeness (QED) is 0.162. The Morgan fingerprint density at radius 2 is 0.878 bits per heavy atom. The number of alkyl halides is 6. The smallest absolute Gasteiger partial charge is 0.298 e. The van der Waals surface area contributed by atoms with Crippen molar-refractivity contribution in [3.63, 3.8) is 0 Å². The summed E-state index contributed by atoms with van der Waals surface area (Å²) in [5, 5.41) is 0. The minimum absolute atomic E-state index is 0.167. The van der Waals surface area contributed by atoms with Crippen LogP contribution >= 0.6 is 0 Å². The molecule has 0 saturated heterocycles. The van der Waals surface area contributed by atoms with E-state index in [4.69, 9.17) is 0 Å². The van der Waals surface area contributed by atoms with Crippen LogP contribution in [-0.2, 0) is 15.0 Å². The first-order chi connectivity index (χ1) is 22.7. The lowest BCUT2D eigenvalue weighted by atomic mass is 9.71. The first-order valence-corrected chi connectivity index (χ1v) is 16.4. The number of carbonyl (C=O) groups is 6. The first-order valence-electron chi connectivity index (χ1n) is 16.4. The molecule has 2 aromatic carbocycles. The van der Waals surface area contributed by atoms with Gasteiger partial charge in [0.15, 0.2) is 34.7 Å². The molecule has 2 unspecified atom stereocenters. The number of rotatable bonds is 12. The van der Waals surface area contributed by atoms with Crippen LogP contribution in [0.25, 0.3) is 0 Å². The lowest BCUT2D eigenvalue weighted by Gasteiger charge is -2.38. The van der Waals surface area contributed by atoms with Crippen molar-refractivity contribution in [3.8, 4) is 0 Å². The third kappa shape index (κ3) is 7.19. The zero-order valence-corrected chi connectivity index (χ0v) is 28.2. The molecule has 0 fully saturated rings. The molecule has 0 aliphatic heterocycles. The molecule has 4 rings (SSSR count). The van der Waals surface area contributed by atoms with Crippen molar-refractivity contribution < 1.29 is 55.1 Å². The predicted molar refractivity (Wildman–Crippen MR) is 169 cm³/mol. The molecule has 0 spiro atoms. The molecule has 0 N–H and O–H groups in total. The third-order valence-electron chi connectivity index (χ3n) is 8.92. The van der Waals surface area contributed by atoms with Crippen LogP contribution in [-0.4, -0.2) is 47.1 Å². The van der Waals surface area contributed by atoms with E-state index >= 15 is 0 Å². The number of Topliss-reactive ketones (excluding diaryl/α,β-unsaturated/α-hetero) is 6. The van der Waals surface area contributed by atoms with Crippen LogP contribution in [0, 0.1) is 23.7 Å². The van der Waals surface area contributed by atoms with Crippen molar-refractivity contribution in [1.82, 2.24) is 0 Å². The normalized spacial score (nSPS) is 17.8. The molecule has 0 amide bonds. The van der Waals surface area contributed by atoms with E-state index in [0.717, 1.165) is 0 Å². The molecule has 2 aliphatic rings. The molecule has 266 valence electrons. The third-order valence-corrected chi connectivity index (χ3v) is 8.92. The molecule has 6 nitrogen and oxygen atoms in total. The SMILES string of the molecule is CC.CC(C)CCCC(=O)C1C(=O)c2ccc(C(c3ccc4c(c3)C(=O)C(C(=O)CCCC(C)C)C4=O)(C(F)(F)F)C(F)(F)F)cc2C1=O. The second-order valence-electron chi connectivity index (χ2n) is 13.1. The summed E-state index contributed by atoms with van der Waals surface area (Å²) in [6.45, 7) is 11.6. The van der Waals surface area contributed by atoms with Gasteiger partial charge in [0, 0.05) is 35.1 Å². The fourth-order valence-electron chi connectivity index (χ4n) is 6.48. The Morgan fingerprint density at radius 3 is 1.16 bits per heavy atom. The van der Waals surface area contributed by atoms with E-state index in [9.17, 15) is 55.1 Å². The fourth-order valence-corrected chi connectivity index (χ4v) is 6.48. The van der Waals surface area contributed by atoms with Gasteiger partial charge in [-0.15, -0.1) is 0 Å². The Morgan fingerprint density at radius 1 is 0.571 bits per heavy atom. The topological polar surface area (TPSA) is 102 Å². The standard InChI is InChI=1S/C35H34F6O6.C2H6/c1-17(2)7-5-9-25(42)27-29(44)21-13-11-19(15-23(21)31(27)46)33(34(36,37)38,35(39,40)41)20-12-14-22-24(16-20)32(47)28(30(22)45)26(43)10-6-8-18(3)4;1-2/h11-18,27-28H,5-10H2,1-4H3;1-2H3. The van der Waals surface area contributed by atoms with Crippen LogP contribution in [0.15, 0.2) is 36.4 Å². The number of carbonyl (C=O) groups excluding carboxylic acids is 6. The number of fused-ring (bicyclic) bond motifs is 2. The van der Waals surface area contributed by atoms with Gasteiger partial charge in [0.25, 0.3) is 0 Å². The second-order valence-corrected chi connectivity index (χ2v) is 13.1. The van der Waals surface area contributed by atoms with Crippen LogP contribution < -0.4 is 0 Å². The maximum absolute atomic E-state index is 15.0. The molecule has 0 saturated carbocycles. The van der Waals surface area contributed by atoms with Gasteiger partial charge in [-0.3, -0.25) is 28.8 Å². The number of ketones is 6. The maximum Gasteiger partial charge on any atom is 0.411 e. The molecule has 0 bridgehead atoms. The fraction of sp³-hybridized carbons (Fsp3) is 0.514. The summed E-state index contributed by atoms with van der Waals surface area (Å²) in [6, 6.07) is 2.87. The highest BCUT2D eigenvalue weighted by atomic mass is 19.4. The number of halogens is 6. The van der Waals surface area contributed by atoms with Gasteiger partial charge in [-0.25, -0.2) is 0 Å². The first kappa shape index (κ1) is 39.5. The van der Waals surface area contributed by atoms with E-state index in [1.165, 1.54) is 0 Å². The van der Waals surface area contributed by atoms with Crippen molar-refractivity contribution in [3.05, 3.63) is 69.8 Å². The second kappa shape index (κ2) is 14.9. The summed E-state index contributed by atoms with van der Waals surface area (Å²) in [4.78, 5) is 77.9. The summed E-state index contributed by atoms with van der Waals surface area (Å²) in [7, 11) is 0. The molecule has 12 heteroatoms. The van der Waals surface area contributed by atoms with Crippen molar-refractivity contribution in [2.45, 2.75) is 97.8 Å². The van der Waals surface area contributed by atoms with Crippen LogP contribution in [0.1, 0.15) is 133 Å². The van der Waals surface area contributed by atoms with Crippen LogP contribution in [0.3, 0.4) is 0 Å². The number of hydrogen-bond acceptors (Lipinski definition) is 6. The van der Waals surface area contributed by atoms with Gasteiger partial charge in [0.2, 0.25) is 5.41 Å². The highest BCUT2D eigenvalue weighted by Gasteiger charge is 2.73. The van der Waals surface area contributed by atoms with E-state index < -0.39 is 97.7 Å². The Balaban J connectivity index is 0.00000319. The van der Waals surface area contributed by atoms with E-state index in [2.05, 4.69) is 0 Å².